The topological polar surface area (TPSA) is 64.4 Å². The van der Waals surface area contributed by atoms with Crippen LogP contribution in [0.1, 0.15) is 15.9 Å². The first kappa shape index (κ1) is 13.0. The Kier molecular flexibility index (Phi) is 3.36. The van der Waals surface area contributed by atoms with Crippen LogP contribution in [0.15, 0.2) is 40.9 Å². The molecule has 1 aliphatic rings. The number of hydrogen-bond donors (Lipinski definition) is 2. The molecular formula is C15H13BrN2O2. The molecule has 0 atom stereocenters. The van der Waals surface area contributed by atoms with Crippen molar-refractivity contribution in [3.63, 3.8) is 0 Å². The predicted molar refractivity (Wildman–Crippen MR) is 82.1 cm³/mol. The van der Waals surface area contributed by atoms with Gasteiger partial charge >= 0.3 is 0 Å². The molecule has 0 saturated heterocycles. The van der Waals surface area contributed by atoms with Gasteiger partial charge in [0.05, 0.1) is 6.61 Å². The van der Waals surface area contributed by atoms with E-state index in [0.717, 1.165) is 27.9 Å². The molecule has 4 nitrogen and oxygen atoms in total. The average Bonchev–Trinajstić information content (AvgIpc) is 2.85. The van der Waals surface area contributed by atoms with Gasteiger partial charge in [-0.05, 0) is 42.0 Å². The zero-order valence-corrected chi connectivity index (χ0v) is 12.2. The maximum absolute atomic E-state index is 12.2. The Morgan fingerprint density at radius 1 is 1.25 bits per heavy atom. The molecule has 102 valence electrons. The number of carbonyl (C=O) groups is 1. The quantitative estimate of drug-likeness (QED) is 0.830. The lowest BCUT2D eigenvalue weighted by Crippen LogP contribution is -2.12. The van der Waals surface area contributed by atoms with E-state index in [-0.39, 0.29) is 5.91 Å². The van der Waals surface area contributed by atoms with Crippen LogP contribution in [0.2, 0.25) is 0 Å². The molecule has 0 fully saturated rings. The van der Waals surface area contributed by atoms with Crippen LogP contribution in [0.3, 0.4) is 0 Å². The van der Waals surface area contributed by atoms with Gasteiger partial charge in [0.2, 0.25) is 0 Å². The second kappa shape index (κ2) is 5.17. The highest BCUT2D eigenvalue weighted by atomic mass is 79.9. The third-order valence-electron chi connectivity index (χ3n) is 3.13. The molecule has 3 rings (SSSR count). The summed E-state index contributed by atoms with van der Waals surface area (Å²) in [7, 11) is 0. The third-order valence-corrected chi connectivity index (χ3v) is 3.59. The minimum absolute atomic E-state index is 0.183. The monoisotopic (exact) mass is 332 g/mol. The lowest BCUT2D eigenvalue weighted by molar-refractivity contribution is 0.102. The van der Waals surface area contributed by atoms with Gasteiger partial charge in [-0.2, -0.15) is 0 Å². The summed E-state index contributed by atoms with van der Waals surface area (Å²) in [6, 6.07) is 10.8. The Labute approximate surface area is 125 Å². The number of benzene rings is 2. The maximum atomic E-state index is 12.2. The van der Waals surface area contributed by atoms with E-state index in [9.17, 15) is 4.79 Å². The Morgan fingerprint density at radius 3 is 2.90 bits per heavy atom. The third kappa shape index (κ3) is 2.63. The fourth-order valence-corrected chi connectivity index (χ4v) is 2.72. The number of amides is 1. The number of ether oxygens (including phenoxy) is 1. The van der Waals surface area contributed by atoms with Crippen molar-refractivity contribution in [2.75, 3.05) is 17.7 Å². The van der Waals surface area contributed by atoms with Gasteiger partial charge in [0.15, 0.2) is 0 Å². The van der Waals surface area contributed by atoms with Crippen LogP contribution in [0.4, 0.5) is 11.4 Å². The molecule has 0 spiro atoms. The molecule has 2 aromatic rings. The maximum Gasteiger partial charge on any atom is 0.255 e. The van der Waals surface area contributed by atoms with Crippen LogP contribution >= 0.6 is 15.9 Å². The van der Waals surface area contributed by atoms with Crippen molar-refractivity contribution in [2.24, 2.45) is 0 Å². The minimum atomic E-state index is -0.183. The van der Waals surface area contributed by atoms with E-state index < -0.39 is 0 Å². The number of nitrogens with one attached hydrogen (secondary N) is 1. The van der Waals surface area contributed by atoms with Gasteiger partial charge in [-0.15, -0.1) is 0 Å². The van der Waals surface area contributed by atoms with E-state index in [2.05, 4.69) is 21.2 Å². The summed E-state index contributed by atoms with van der Waals surface area (Å²) in [5.41, 5.74) is 8.69. The van der Waals surface area contributed by atoms with E-state index >= 15 is 0 Å². The number of rotatable bonds is 2. The summed E-state index contributed by atoms with van der Waals surface area (Å²) in [4.78, 5) is 12.2. The molecular weight excluding hydrogens is 320 g/mol. The number of nitrogens with two attached hydrogens (primary N) is 1. The van der Waals surface area contributed by atoms with Gasteiger partial charge in [-0.3, -0.25) is 4.79 Å². The molecule has 0 saturated carbocycles. The van der Waals surface area contributed by atoms with Crippen LogP contribution in [0.5, 0.6) is 5.75 Å². The molecule has 0 aliphatic carbocycles. The summed E-state index contributed by atoms with van der Waals surface area (Å²) in [5.74, 6) is 0.714. The molecule has 0 bridgehead atoms. The smallest absolute Gasteiger partial charge is 0.255 e. The van der Waals surface area contributed by atoms with Crippen molar-refractivity contribution in [1.29, 1.82) is 0 Å². The van der Waals surface area contributed by atoms with Crippen LogP contribution < -0.4 is 15.8 Å². The normalized spacial score (nSPS) is 12.7. The Bertz CT molecular complexity index is 665. The summed E-state index contributed by atoms with van der Waals surface area (Å²) < 4.78 is 6.22. The molecule has 1 aliphatic heterocycles. The van der Waals surface area contributed by atoms with Crippen molar-refractivity contribution >= 4 is 33.2 Å². The summed E-state index contributed by atoms with van der Waals surface area (Å²) in [6.45, 7) is 0.703. The second-order valence-electron chi connectivity index (χ2n) is 4.65. The van der Waals surface area contributed by atoms with Gasteiger partial charge < -0.3 is 15.8 Å². The highest BCUT2D eigenvalue weighted by Crippen LogP contribution is 2.28. The van der Waals surface area contributed by atoms with Gasteiger partial charge in [-0.1, -0.05) is 15.9 Å². The zero-order valence-electron chi connectivity index (χ0n) is 10.7. The first-order valence-corrected chi connectivity index (χ1v) is 7.04. The standard InChI is InChI=1S/C15H13BrN2O2/c16-11-5-10(6-12(17)8-11)15(19)18-13-1-2-14-9(7-13)3-4-20-14/h1-2,5-8H,3-4,17H2,(H,18,19). The number of fused-ring (bicyclic) bond motifs is 1. The molecule has 1 amide bonds. The van der Waals surface area contributed by atoms with E-state index in [1.807, 2.05) is 18.2 Å². The fraction of sp³-hybridized carbons (Fsp3) is 0.133. The lowest BCUT2D eigenvalue weighted by Gasteiger charge is -2.08. The molecule has 2 aromatic carbocycles. The van der Waals surface area contributed by atoms with E-state index in [1.165, 1.54) is 0 Å². The number of nitrogen functional groups attached to an aromatic ring is 1. The lowest BCUT2D eigenvalue weighted by atomic mass is 10.1. The summed E-state index contributed by atoms with van der Waals surface area (Å²) >= 11 is 3.33. The van der Waals surface area contributed by atoms with Gasteiger partial charge in [-0.25, -0.2) is 0 Å². The van der Waals surface area contributed by atoms with E-state index in [4.69, 9.17) is 10.5 Å². The molecule has 0 radical (unpaired) electrons. The van der Waals surface area contributed by atoms with Crippen molar-refractivity contribution in [3.05, 3.63) is 52.0 Å². The van der Waals surface area contributed by atoms with Gasteiger partial charge in [0, 0.05) is 27.8 Å². The highest BCUT2D eigenvalue weighted by Gasteiger charge is 2.14. The molecule has 3 N–H and O–H groups in total. The second-order valence-corrected chi connectivity index (χ2v) is 5.56. The van der Waals surface area contributed by atoms with Crippen LogP contribution in [-0.2, 0) is 6.42 Å². The zero-order chi connectivity index (χ0) is 14.1. The summed E-state index contributed by atoms with van der Waals surface area (Å²) in [5, 5.41) is 2.87. The SMILES string of the molecule is Nc1cc(Br)cc(C(=O)Nc2ccc3c(c2)CCO3)c1. The van der Waals surface area contributed by atoms with Crippen molar-refractivity contribution < 1.29 is 9.53 Å². The fourth-order valence-electron chi connectivity index (χ4n) is 2.21. The van der Waals surface area contributed by atoms with Crippen LogP contribution in [0, 0.1) is 0 Å². The van der Waals surface area contributed by atoms with Gasteiger partial charge in [0.25, 0.3) is 5.91 Å². The van der Waals surface area contributed by atoms with Gasteiger partial charge in [0.1, 0.15) is 5.75 Å². The van der Waals surface area contributed by atoms with E-state index in [1.54, 1.807) is 18.2 Å². The largest absolute Gasteiger partial charge is 0.493 e. The predicted octanol–water partition coefficient (Wildman–Crippen LogP) is 3.22. The molecule has 0 unspecified atom stereocenters. The first-order chi connectivity index (χ1) is 9.61. The Balaban J connectivity index is 1.82. The Morgan fingerprint density at radius 2 is 2.10 bits per heavy atom. The number of halogens is 1. The number of anilines is 2. The van der Waals surface area contributed by atoms with Crippen molar-refractivity contribution in [1.82, 2.24) is 0 Å². The molecule has 20 heavy (non-hydrogen) atoms. The molecule has 1 heterocycles. The van der Waals surface area contributed by atoms with E-state index in [0.29, 0.717) is 17.9 Å². The number of hydrogen-bond acceptors (Lipinski definition) is 3. The highest BCUT2D eigenvalue weighted by molar-refractivity contribution is 9.10. The van der Waals surface area contributed by atoms with Crippen LogP contribution in [-0.4, -0.2) is 12.5 Å². The average molecular weight is 333 g/mol. The Hall–Kier alpha value is -2.01. The molecule has 0 aromatic heterocycles. The van der Waals surface area contributed by atoms with Crippen LogP contribution in [0.25, 0.3) is 0 Å². The van der Waals surface area contributed by atoms with Crippen molar-refractivity contribution in [3.8, 4) is 5.75 Å². The minimum Gasteiger partial charge on any atom is -0.493 e. The number of carbonyl (C=O) groups excluding carboxylic acids is 1. The molecule has 5 heteroatoms. The van der Waals surface area contributed by atoms with Crippen molar-refractivity contribution in [2.45, 2.75) is 6.42 Å². The summed E-state index contributed by atoms with van der Waals surface area (Å²) in [6.07, 6.45) is 0.878. The first-order valence-electron chi connectivity index (χ1n) is 6.25.